The van der Waals surface area contributed by atoms with Gasteiger partial charge in [-0.1, -0.05) is 32.6 Å². The quantitative estimate of drug-likeness (QED) is 0.657. The Hall–Kier alpha value is -0.0800. The first-order valence-corrected chi connectivity index (χ1v) is 5.69. The molecule has 0 spiro atoms. The molecule has 0 atom stereocenters. The van der Waals surface area contributed by atoms with Gasteiger partial charge in [-0.25, -0.2) is 0 Å². The SMILES string of the molecule is CCNC1(CCO)CCCCCC1. The van der Waals surface area contributed by atoms with E-state index in [1.807, 2.05) is 0 Å². The summed E-state index contributed by atoms with van der Waals surface area (Å²) in [5, 5.41) is 12.6. The van der Waals surface area contributed by atoms with Crippen molar-refractivity contribution < 1.29 is 5.11 Å². The van der Waals surface area contributed by atoms with Gasteiger partial charge in [-0.15, -0.1) is 0 Å². The van der Waals surface area contributed by atoms with Crippen molar-refractivity contribution in [1.29, 1.82) is 0 Å². The van der Waals surface area contributed by atoms with Crippen LogP contribution in [0.15, 0.2) is 0 Å². The molecule has 0 saturated heterocycles. The molecule has 0 aliphatic heterocycles. The van der Waals surface area contributed by atoms with Crippen molar-refractivity contribution in [3.8, 4) is 0 Å². The molecular weight excluding hydrogens is 162 g/mol. The molecule has 1 rings (SSSR count). The Morgan fingerprint density at radius 1 is 1.15 bits per heavy atom. The summed E-state index contributed by atoms with van der Waals surface area (Å²) in [5.41, 5.74) is 0.264. The van der Waals surface area contributed by atoms with Crippen LogP contribution in [-0.2, 0) is 0 Å². The maximum Gasteiger partial charge on any atom is 0.0448 e. The summed E-state index contributed by atoms with van der Waals surface area (Å²) < 4.78 is 0. The van der Waals surface area contributed by atoms with Crippen molar-refractivity contribution in [3.63, 3.8) is 0 Å². The van der Waals surface area contributed by atoms with Gasteiger partial charge in [0.1, 0.15) is 0 Å². The van der Waals surface area contributed by atoms with Gasteiger partial charge in [0.2, 0.25) is 0 Å². The molecule has 2 N–H and O–H groups in total. The molecule has 0 unspecified atom stereocenters. The lowest BCUT2D eigenvalue weighted by atomic mass is 9.87. The van der Waals surface area contributed by atoms with E-state index in [1.54, 1.807) is 0 Å². The standard InChI is InChI=1S/C11H23NO/c1-2-12-11(9-10-13)7-5-3-4-6-8-11/h12-13H,2-10H2,1H3. The van der Waals surface area contributed by atoms with E-state index in [0.717, 1.165) is 13.0 Å². The molecule has 0 aromatic carbocycles. The minimum absolute atomic E-state index is 0.264. The Morgan fingerprint density at radius 3 is 2.23 bits per heavy atom. The monoisotopic (exact) mass is 185 g/mol. The summed E-state index contributed by atoms with van der Waals surface area (Å²) >= 11 is 0. The van der Waals surface area contributed by atoms with E-state index in [2.05, 4.69) is 12.2 Å². The van der Waals surface area contributed by atoms with Gasteiger partial charge in [-0.2, -0.15) is 0 Å². The Bertz CT molecular complexity index is 120. The van der Waals surface area contributed by atoms with Crippen molar-refractivity contribution in [3.05, 3.63) is 0 Å². The zero-order valence-electron chi connectivity index (χ0n) is 8.81. The van der Waals surface area contributed by atoms with Crippen molar-refractivity contribution in [2.24, 2.45) is 0 Å². The fourth-order valence-electron chi connectivity index (χ4n) is 2.51. The molecule has 78 valence electrons. The second-order valence-electron chi connectivity index (χ2n) is 4.20. The first-order chi connectivity index (χ1) is 6.33. The van der Waals surface area contributed by atoms with E-state index in [-0.39, 0.29) is 5.54 Å². The highest BCUT2D eigenvalue weighted by atomic mass is 16.3. The Morgan fingerprint density at radius 2 is 1.77 bits per heavy atom. The zero-order chi connectivity index (χ0) is 9.57. The van der Waals surface area contributed by atoms with Gasteiger partial charge in [0, 0.05) is 12.1 Å². The minimum atomic E-state index is 0.264. The number of aliphatic hydroxyl groups excluding tert-OH is 1. The third-order valence-electron chi connectivity index (χ3n) is 3.20. The van der Waals surface area contributed by atoms with Crippen LogP contribution < -0.4 is 5.32 Å². The molecule has 0 heterocycles. The third kappa shape index (κ3) is 3.28. The normalized spacial score (nSPS) is 22.6. The van der Waals surface area contributed by atoms with Crippen LogP contribution in [0.2, 0.25) is 0 Å². The summed E-state index contributed by atoms with van der Waals surface area (Å²) in [6.07, 6.45) is 8.83. The molecule has 0 radical (unpaired) electrons. The summed E-state index contributed by atoms with van der Waals surface area (Å²) in [5.74, 6) is 0. The molecule has 1 saturated carbocycles. The van der Waals surface area contributed by atoms with Crippen molar-refractivity contribution in [1.82, 2.24) is 5.32 Å². The third-order valence-corrected chi connectivity index (χ3v) is 3.20. The topological polar surface area (TPSA) is 32.3 Å². The first-order valence-electron chi connectivity index (χ1n) is 5.69. The second-order valence-corrected chi connectivity index (χ2v) is 4.20. The van der Waals surface area contributed by atoms with E-state index in [1.165, 1.54) is 38.5 Å². The first kappa shape index (κ1) is 11.0. The number of nitrogens with one attached hydrogen (secondary N) is 1. The van der Waals surface area contributed by atoms with E-state index >= 15 is 0 Å². The van der Waals surface area contributed by atoms with Crippen LogP contribution in [0.25, 0.3) is 0 Å². The van der Waals surface area contributed by atoms with Crippen LogP contribution in [0.1, 0.15) is 51.9 Å². The molecule has 1 aliphatic rings. The van der Waals surface area contributed by atoms with Gasteiger partial charge in [-0.3, -0.25) is 0 Å². The van der Waals surface area contributed by atoms with Gasteiger partial charge in [0.25, 0.3) is 0 Å². The fourth-order valence-corrected chi connectivity index (χ4v) is 2.51. The fraction of sp³-hybridized carbons (Fsp3) is 1.00. The van der Waals surface area contributed by atoms with Crippen LogP contribution in [0.3, 0.4) is 0 Å². The lowest BCUT2D eigenvalue weighted by molar-refractivity contribution is 0.193. The smallest absolute Gasteiger partial charge is 0.0448 e. The van der Waals surface area contributed by atoms with Crippen LogP contribution >= 0.6 is 0 Å². The Labute approximate surface area is 81.7 Å². The largest absolute Gasteiger partial charge is 0.396 e. The van der Waals surface area contributed by atoms with E-state index < -0.39 is 0 Å². The minimum Gasteiger partial charge on any atom is -0.396 e. The highest BCUT2D eigenvalue weighted by Gasteiger charge is 2.28. The van der Waals surface area contributed by atoms with Crippen LogP contribution in [0.5, 0.6) is 0 Å². The molecule has 0 amide bonds. The average molecular weight is 185 g/mol. The molecule has 2 heteroatoms. The number of aliphatic hydroxyl groups is 1. The highest BCUT2D eigenvalue weighted by molar-refractivity contribution is 4.88. The number of hydrogen-bond acceptors (Lipinski definition) is 2. The molecule has 0 aromatic heterocycles. The lowest BCUT2D eigenvalue weighted by Crippen LogP contribution is -2.45. The molecule has 0 bridgehead atoms. The molecule has 2 nitrogen and oxygen atoms in total. The summed E-state index contributed by atoms with van der Waals surface area (Å²) in [6, 6.07) is 0. The van der Waals surface area contributed by atoms with Crippen molar-refractivity contribution >= 4 is 0 Å². The lowest BCUT2D eigenvalue weighted by Gasteiger charge is -2.33. The predicted molar refractivity (Wildman–Crippen MR) is 55.8 cm³/mol. The zero-order valence-corrected chi connectivity index (χ0v) is 8.81. The maximum atomic E-state index is 9.06. The number of hydrogen-bond donors (Lipinski definition) is 2. The van der Waals surface area contributed by atoms with Gasteiger partial charge in [0.15, 0.2) is 0 Å². The molecule has 1 aliphatic carbocycles. The Kier molecular flexibility index (Phi) is 4.74. The molecule has 13 heavy (non-hydrogen) atoms. The summed E-state index contributed by atoms with van der Waals surface area (Å²) in [6.45, 7) is 3.51. The average Bonchev–Trinajstić information content (AvgIpc) is 2.32. The summed E-state index contributed by atoms with van der Waals surface area (Å²) in [4.78, 5) is 0. The van der Waals surface area contributed by atoms with E-state index in [9.17, 15) is 0 Å². The molecular formula is C11H23NO. The molecule has 1 fully saturated rings. The van der Waals surface area contributed by atoms with E-state index in [0.29, 0.717) is 6.61 Å². The van der Waals surface area contributed by atoms with Crippen LogP contribution in [-0.4, -0.2) is 23.8 Å². The van der Waals surface area contributed by atoms with Crippen LogP contribution in [0.4, 0.5) is 0 Å². The molecule has 0 aromatic rings. The van der Waals surface area contributed by atoms with Gasteiger partial charge < -0.3 is 10.4 Å². The predicted octanol–water partition coefficient (Wildman–Crippen LogP) is 2.07. The van der Waals surface area contributed by atoms with Gasteiger partial charge in [-0.05, 0) is 25.8 Å². The van der Waals surface area contributed by atoms with Crippen LogP contribution in [0, 0.1) is 0 Å². The highest BCUT2D eigenvalue weighted by Crippen LogP contribution is 2.29. The van der Waals surface area contributed by atoms with Crippen molar-refractivity contribution in [2.75, 3.05) is 13.2 Å². The summed E-state index contributed by atoms with van der Waals surface area (Å²) in [7, 11) is 0. The Balaban J connectivity index is 2.50. The van der Waals surface area contributed by atoms with E-state index in [4.69, 9.17) is 5.11 Å². The second kappa shape index (κ2) is 5.61. The van der Waals surface area contributed by atoms with Gasteiger partial charge in [0.05, 0.1) is 0 Å². The van der Waals surface area contributed by atoms with Crippen molar-refractivity contribution in [2.45, 2.75) is 57.4 Å². The number of rotatable bonds is 4. The maximum absolute atomic E-state index is 9.06. The van der Waals surface area contributed by atoms with Gasteiger partial charge >= 0.3 is 0 Å².